The molecule has 4 nitrogen and oxygen atoms in total. The van der Waals surface area contributed by atoms with E-state index in [1.54, 1.807) is 6.26 Å². The van der Waals surface area contributed by atoms with E-state index >= 15 is 0 Å². The van der Waals surface area contributed by atoms with Gasteiger partial charge in [0, 0.05) is 13.6 Å². The van der Waals surface area contributed by atoms with Crippen molar-refractivity contribution in [3.63, 3.8) is 0 Å². The molecule has 0 unspecified atom stereocenters. The minimum Gasteiger partial charge on any atom is -0.467 e. The van der Waals surface area contributed by atoms with Gasteiger partial charge in [-0.3, -0.25) is 0 Å². The van der Waals surface area contributed by atoms with Gasteiger partial charge >= 0.3 is 0 Å². The zero-order valence-corrected chi connectivity index (χ0v) is 10.9. The van der Waals surface area contributed by atoms with Crippen LogP contribution in [0.15, 0.2) is 41.0 Å². The molecule has 18 heavy (non-hydrogen) atoms. The highest BCUT2D eigenvalue weighted by molar-refractivity contribution is 5.38. The lowest BCUT2D eigenvalue weighted by Crippen LogP contribution is -2.19. The first kappa shape index (κ1) is 12.6. The number of aromatic nitrogens is 1. The second-order valence-corrected chi connectivity index (χ2v) is 4.20. The van der Waals surface area contributed by atoms with Crippen LogP contribution in [0.1, 0.15) is 18.4 Å². The molecule has 0 saturated carbocycles. The maximum Gasteiger partial charge on any atom is 0.129 e. The molecular weight excluding hydrogens is 226 g/mol. The second kappa shape index (κ2) is 6.21. The molecule has 2 rings (SSSR count). The van der Waals surface area contributed by atoms with E-state index < -0.39 is 0 Å². The lowest BCUT2D eigenvalue weighted by molar-refractivity contribution is 0.507. The van der Waals surface area contributed by atoms with Crippen LogP contribution in [0.25, 0.3) is 0 Å². The fourth-order valence-corrected chi connectivity index (χ4v) is 1.75. The predicted octanol–water partition coefficient (Wildman–Crippen LogP) is 2.42. The van der Waals surface area contributed by atoms with Gasteiger partial charge in [0.1, 0.15) is 11.6 Å². The molecule has 0 atom stereocenters. The second-order valence-electron chi connectivity index (χ2n) is 4.20. The quantitative estimate of drug-likeness (QED) is 0.848. The summed E-state index contributed by atoms with van der Waals surface area (Å²) >= 11 is 0. The molecule has 0 fully saturated rings. The fourth-order valence-electron chi connectivity index (χ4n) is 1.75. The summed E-state index contributed by atoms with van der Waals surface area (Å²) in [6, 6.07) is 9.95. The first-order valence-corrected chi connectivity index (χ1v) is 6.19. The van der Waals surface area contributed by atoms with Crippen molar-refractivity contribution in [1.82, 2.24) is 10.3 Å². The summed E-state index contributed by atoms with van der Waals surface area (Å²) in [6.07, 6.45) is 1.69. The third-order valence-corrected chi connectivity index (χ3v) is 2.71. The first-order valence-electron chi connectivity index (χ1n) is 6.19. The Hall–Kier alpha value is -1.81. The summed E-state index contributed by atoms with van der Waals surface area (Å²) in [7, 11) is 2.02. The SMILES string of the molecule is CCNCc1cccc(N(C)Cc2ccco2)n1. The van der Waals surface area contributed by atoms with Crippen LogP contribution in [-0.2, 0) is 13.1 Å². The number of anilines is 1. The summed E-state index contributed by atoms with van der Waals surface area (Å²) in [5.74, 6) is 1.90. The Morgan fingerprint density at radius 2 is 2.17 bits per heavy atom. The molecule has 0 bridgehead atoms. The number of rotatable bonds is 6. The number of pyridine rings is 1. The number of hydrogen-bond donors (Lipinski definition) is 1. The fraction of sp³-hybridized carbons (Fsp3) is 0.357. The molecule has 0 aliphatic rings. The van der Waals surface area contributed by atoms with Crippen LogP contribution in [0.5, 0.6) is 0 Å². The maximum absolute atomic E-state index is 5.34. The van der Waals surface area contributed by atoms with Gasteiger partial charge in [0.15, 0.2) is 0 Å². The van der Waals surface area contributed by atoms with Crippen molar-refractivity contribution in [3.8, 4) is 0 Å². The van der Waals surface area contributed by atoms with Gasteiger partial charge in [-0.25, -0.2) is 4.98 Å². The van der Waals surface area contributed by atoms with Crippen LogP contribution in [0.3, 0.4) is 0 Å². The van der Waals surface area contributed by atoms with Crippen molar-refractivity contribution in [2.75, 3.05) is 18.5 Å². The van der Waals surface area contributed by atoms with E-state index in [9.17, 15) is 0 Å². The summed E-state index contributed by atoms with van der Waals surface area (Å²) in [4.78, 5) is 6.69. The lowest BCUT2D eigenvalue weighted by atomic mass is 10.3. The molecule has 0 saturated heterocycles. The first-order chi connectivity index (χ1) is 8.79. The molecule has 0 aromatic carbocycles. The molecule has 2 aromatic rings. The number of nitrogens with one attached hydrogen (secondary N) is 1. The van der Waals surface area contributed by atoms with E-state index in [4.69, 9.17) is 4.42 Å². The van der Waals surface area contributed by atoms with Crippen molar-refractivity contribution in [3.05, 3.63) is 48.0 Å². The minimum atomic E-state index is 0.727. The van der Waals surface area contributed by atoms with Crippen molar-refractivity contribution in [2.45, 2.75) is 20.0 Å². The summed E-state index contributed by atoms with van der Waals surface area (Å²) in [6.45, 7) is 4.57. The van der Waals surface area contributed by atoms with E-state index in [1.165, 1.54) is 0 Å². The zero-order chi connectivity index (χ0) is 12.8. The Morgan fingerprint density at radius 1 is 1.28 bits per heavy atom. The largest absolute Gasteiger partial charge is 0.467 e. The molecular formula is C14H19N3O. The molecule has 2 aromatic heterocycles. The molecule has 2 heterocycles. The number of nitrogens with zero attached hydrogens (tertiary/aromatic N) is 2. The zero-order valence-electron chi connectivity index (χ0n) is 10.9. The molecule has 4 heteroatoms. The van der Waals surface area contributed by atoms with Gasteiger partial charge < -0.3 is 14.6 Å². The van der Waals surface area contributed by atoms with E-state index in [0.717, 1.165) is 36.9 Å². The van der Waals surface area contributed by atoms with Crippen LogP contribution < -0.4 is 10.2 Å². The topological polar surface area (TPSA) is 41.3 Å². The highest BCUT2D eigenvalue weighted by Crippen LogP contribution is 2.13. The monoisotopic (exact) mass is 245 g/mol. The Morgan fingerprint density at radius 3 is 2.89 bits per heavy atom. The van der Waals surface area contributed by atoms with Crippen LogP contribution in [0, 0.1) is 0 Å². The summed E-state index contributed by atoms with van der Waals surface area (Å²) < 4.78 is 5.34. The van der Waals surface area contributed by atoms with Crippen molar-refractivity contribution >= 4 is 5.82 Å². The smallest absolute Gasteiger partial charge is 0.129 e. The highest BCUT2D eigenvalue weighted by atomic mass is 16.3. The van der Waals surface area contributed by atoms with Gasteiger partial charge in [-0.05, 0) is 30.8 Å². The third-order valence-electron chi connectivity index (χ3n) is 2.71. The molecule has 0 spiro atoms. The van der Waals surface area contributed by atoms with Crippen molar-refractivity contribution in [2.24, 2.45) is 0 Å². The Balaban J connectivity index is 2.03. The van der Waals surface area contributed by atoms with Crippen LogP contribution in [0.2, 0.25) is 0 Å². The van der Waals surface area contributed by atoms with E-state index in [1.807, 2.05) is 37.4 Å². The van der Waals surface area contributed by atoms with Crippen LogP contribution in [0.4, 0.5) is 5.82 Å². The normalized spacial score (nSPS) is 10.6. The third kappa shape index (κ3) is 3.34. The molecule has 0 aliphatic carbocycles. The van der Waals surface area contributed by atoms with Gasteiger partial charge in [0.05, 0.1) is 18.5 Å². The maximum atomic E-state index is 5.34. The van der Waals surface area contributed by atoms with Crippen molar-refractivity contribution in [1.29, 1.82) is 0 Å². The average molecular weight is 245 g/mol. The Bertz CT molecular complexity index is 468. The Labute approximate surface area is 108 Å². The molecule has 96 valence electrons. The highest BCUT2D eigenvalue weighted by Gasteiger charge is 2.06. The van der Waals surface area contributed by atoms with Crippen LogP contribution in [-0.4, -0.2) is 18.6 Å². The minimum absolute atomic E-state index is 0.727. The van der Waals surface area contributed by atoms with Gasteiger partial charge in [0.2, 0.25) is 0 Å². The lowest BCUT2D eigenvalue weighted by Gasteiger charge is -2.17. The average Bonchev–Trinajstić information content (AvgIpc) is 2.89. The molecule has 1 N–H and O–H groups in total. The van der Waals surface area contributed by atoms with E-state index in [2.05, 4.69) is 22.1 Å². The molecule has 0 aliphatic heterocycles. The Kier molecular flexibility index (Phi) is 4.36. The molecule has 0 radical (unpaired) electrons. The van der Waals surface area contributed by atoms with Gasteiger partial charge in [-0.15, -0.1) is 0 Å². The summed E-state index contributed by atoms with van der Waals surface area (Å²) in [5.41, 5.74) is 1.06. The number of furan rings is 1. The van der Waals surface area contributed by atoms with Gasteiger partial charge in [0.25, 0.3) is 0 Å². The predicted molar refractivity (Wildman–Crippen MR) is 72.4 cm³/mol. The standard InChI is InChI=1S/C14H19N3O/c1-3-15-10-12-6-4-8-14(16-12)17(2)11-13-7-5-9-18-13/h4-9,15H,3,10-11H2,1-2H3. The van der Waals surface area contributed by atoms with Gasteiger partial charge in [-0.1, -0.05) is 13.0 Å². The van der Waals surface area contributed by atoms with Crippen LogP contribution >= 0.6 is 0 Å². The van der Waals surface area contributed by atoms with Crippen molar-refractivity contribution < 1.29 is 4.42 Å². The van der Waals surface area contributed by atoms with E-state index in [-0.39, 0.29) is 0 Å². The number of hydrogen-bond acceptors (Lipinski definition) is 4. The summed E-state index contributed by atoms with van der Waals surface area (Å²) in [5, 5.41) is 3.28. The van der Waals surface area contributed by atoms with Gasteiger partial charge in [-0.2, -0.15) is 0 Å². The van der Waals surface area contributed by atoms with E-state index in [0.29, 0.717) is 0 Å². The molecule has 0 amide bonds.